The second-order valence-corrected chi connectivity index (χ2v) is 9.66. The van der Waals surface area contributed by atoms with E-state index >= 15 is 0 Å². The van der Waals surface area contributed by atoms with E-state index in [4.69, 9.17) is 27.0 Å². The molecule has 1 amide bonds. The maximum atomic E-state index is 13.0. The van der Waals surface area contributed by atoms with Crippen molar-refractivity contribution in [2.45, 2.75) is 24.1 Å². The summed E-state index contributed by atoms with van der Waals surface area (Å²) < 4.78 is 34.0. The molecule has 0 aliphatic heterocycles. The van der Waals surface area contributed by atoms with Gasteiger partial charge in [-0.25, -0.2) is 8.42 Å². The molecule has 3 aromatic rings. The maximum absolute atomic E-state index is 13.0. The first kappa shape index (κ1) is 26.5. The number of amides is 1. The van der Waals surface area contributed by atoms with Crippen LogP contribution >= 0.6 is 0 Å². The average Bonchev–Trinajstić information content (AvgIpc) is 2.87. The molecular formula is C25H28N6O4S. The van der Waals surface area contributed by atoms with Crippen LogP contribution in [0.5, 0.6) is 0 Å². The molecule has 8 N–H and O–H groups in total. The van der Waals surface area contributed by atoms with E-state index in [1.165, 1.54) is 24.3 Å². The largest absolute Gasteiger partial charge is 0.384 e. The van der Waals surface area contributed by atoms with E-state index in [-0.39, 0.29) is 36.3 Å². The van der Waals surface area contributed by atoms with E-state index in [9.17, 15) is 13.2 Å². The predicted octanol–water partition coefficient (Wildman–Crippen LogP) is 1.43. The first-order valence-corrected chi connectivity index (χ1v) is 12.4. The molecule has 0 aromatic heterocycles. The molecule has 0 aliphatic rings. The molecular weight excluding hydrogens is 480 g/mol. The fourth-order valence-corrected chi connectivity index (χ4v) is 4.40. The smallest absolute Gasteiger partial charge is 0.241 e. The van der Waals surface area contributed by atoms with Gasteiger partial charge in [-0.1, -0.05) is 54.6 Å². The minimum Gasteiger partial charge on any atom is -0.384 e. The molecule has 0 spiro atoms. The normalized spacial score (nSPS) is 12.0. The molecule has 0 saturated heterocycles. The Hall–Kier alpha value is -4.06. The highest BCUT2D eigenvalue weighted by Gasteiger charge is 2.26. The summed E-state index contributed by atoms with van der Waals surface area (Å²) >= 11 is 0. The van der Waals surface area contributed by atoms with Gasteiger partial charge in [0.25, 0.3) is 0 Å². The fourth-order valence-electron chi connectivity index (χ4n) is 3.22. The second kappa shape index (κ2) is 12.1. The summed E-state index contributed by atoms with van der Waals surface area (Å²) in [6.45, 7) is 0.141. The molecule has 0 aliphatic carbocycles. The first-order valence-electron chi connectivity index (χ1n) is 11.0. The summed E-state index contributed by atoms with van der Waals surface area (Å²) in [6, 6.07) is 20.3. The number of nitrogens with two attached hydrogens (primary N) is 2. The van der Waals surface area contributed by atoms with Gasteiger partial charge in [0, 0.05) is 17.7 Å². The monoisotopic (exact) mass is 508 g/mol. The van der Waals surface area contributed by atoms with Crippen molar-refractivity contribution in [1.82, 2.24) is 10.0 Å². The van der Waals surface area contributed by atoms with Crippen molar-refractivity contribution in [3.05, 3.63) is 101 Å². The fraction of sp³-hybridized carbons (Fsp3) is 0.160. The number of nitrogen functional groups attached to an aromatic ring is 2. The summed E-state index contributed by atoms with van der Waals surface area (Å²) in [5, 5.41) is 17.6. The van der Waals surface area contributed by atoms with E-state index in [0.717, 1.165) is 11.1 Å². The Kier molecular flexibility index (Phi) is 8.90. The Morgan fingerprint density at radius 1 is 0.833 bits per heavy atom. The zero-order chi connectivity index (χ0) is 26.1. The van der Waals surface area contributed by atoms with Crippen LogP contribution in [-0.4, -0.2) is 38.6 Å². The van der Waals surface area contributed by atoms with E-state index in [1.807, 2.05) is 30.3 Å². The molecule has 0 radical (unpaired) electrons. The number of nitrogens with one attached hydrogen (secondary N) is 4. The number of benzene rings is 3. The Balaban J connectivity index is 1.71. The van der Waals surface area contributed by atoms with Crippen LogP contribution in [0.1, 0.15) is 22.3 Å². The molecule has 0 fully saturated rings. The zero-order valence-electron chi connectivity index (χ0n) is 19.4. The van der Waals surface area contributed by atoms with Gasteiger partial charge >= 0.3 is 0 Å². The van der Waals surface area contributed by atoms with E-state index < -0.39 is 22.0 Å². The molecule has 0 saturated carbocycles. The number of sulfonamides is 1. The van der Waals surface area contributed by atoms with Crippen LogP contribution in [0.4, 0.5) is 0 Å². The van der Waals surface area contributed by atoms with Crippen LogP contribution in [0, 0.1) is 10.8 Å². The van der Waals surface area contributed by atoms with Crippen molar-refractivity contribution in [3.8, 4) is 0 Å². The van der Waals surface area contributed by atoms with Crippen molar-refractivity contribution in [1.29, 1.82) is 10.8 Å². The number of carbonyl (C=O) groups is 1. The molecule has 36 heavy (non-hydrogen) atoms. The highest BCUT2D eigenvalue weighted by molar-refractivity contribution is 7.89. The van der Waals surface area contributed by atoms with Gasteiger partial charge in [0.1, 0.15) is 17.7 Å². The lowest BCUT2D eigenvalue weighted by molar-refractivity contribution is -0.124. The predicted molar refractivity (Wildman–Crippen MR) is 137 cm³/mol. The minimum absolute atomic E-state index is 0.0630. The lowest BCUT2D eigenvalue weighted by Gasteiger charge is -2.19. The van der Waals surface area contributed by atoms with Gasteiger partial charge in [0.15, 0.2) is 0 Å². The third-order valence-electron chi connectivity index (χ3n) is 5.22. The van der Waals surface area contributed by atoms with Crippen molar-refractivity contribution in [2.75, 3.05) is 6.61 Å². The number of ether oxygens (including phenoxy) is 1. The van der Waals surface area contributed by atoms with Crippen molar-refractivity contribution >= 4 is 27.6 Å². The summed E-state index contributed by atoms with van der Waals surface area (Å²) in [5.74, 6) is -0.815. The average molecular weight is 509 g/mol. The SMILES string of the molecule is N=C(N)c1ccc(CNC(=O)[C@H](COCc2ccccc2)NS(=O)(=O)c2ccc(C(=N)N)cc2)cc1. The number of hydrogen-bond donors (Lipinski definition) is 6. The number of amidine groups is 2. The topological polar surface area (TPSA) is 184 Å². The molecule has 188 valence electrons. The third-order valence-corrected chi connectivity index (χ3v) is 6.70. The van der Waals surface area contributed by atoms with Crippen molar-refractivity contribution in [3.63, 3.8) is 0 Å². The molecule has 3 rings (SSSR count). The zero-order valence-corrected chi connectivity index (χ0v) is 20.2. The number of carbonyl (C=O) groups excluding carboxylic acids is 1. The van der Waals surface area contributed by atoms with Gasteiger partial charge < -0.3 is 21.5 Å². The molecule has 3 aromatic carbocycles. The van der Waals surface area contributed by atoms with Crippen LogP contribution in [-0.2, 0) is 32.7 Å². The molecule has 0 bridgehead atoms. The molecule has 10 nitrogen and oxygen atoms in total. The molecule has 0 unspecified atom stereocenters. The highest BCUT2D eigenvalue weighted by atomic mass is 32.2. The Bertz CT molecular complexity index is 1310. The highest BCUT2D eigenvalue weighted by Crippen LogP contribution is 2.12. The molecule has 1 atom stereocenters. The van der Waals surface area contributed by atoms with E-state index in [2.05, 4.69) is 10.0 Å². The van der Waals surface area contributed by atoms with Gasteiger partial charge in [0.05, 0.1) is 18.1 Å². The van der Waals surface area contributed by atoms with Crippen LogP contribution < -0.4 is 21.5 Å². The Labute approximate surface area is 209 Å². The number of rotatable bonds is 12. The lowest BCUT2D eigenvalue weighted by Crippen LogP contribution is -2.49. The minimum atomic E-state index is -4.08. The third kappa shape index (κ3) is 7.47. The summed E-state index contributed by atoms with van der Waals surface area (Å²) in [7, 11) is -4.08. The van der Waals surface area contributed by atoms with Crippen LogP contribution in [0.15, 0.2) is 83.8 Å². The standard InChI is InChI=1S/C25H28N6O4S/c26-23(27)19-8-6-17(7-9-19)14-30-25(32)22(16-35-15-18-4-2-1-3-5-18)31-36(33,34)21-12-10-20(11-13-21)24(28)29/h1-13,22,31H,14-16H2,(H3,26,27)(H3,28,29)(H,30,32)/t22-/m0/s1. The van der Waals surface area contributed by atoms with E-state index in [0.29, 0.717) is 11.1 Å². The summed E-state index contributed by atoms with van der Waals surface area (Å²) in [4.78, 5) is 12.9. The van der Waals surface area contributed by atoms with Crippen molar-refractivity contribution < 1.29 is 17.9 Å². The summed E-state index contributed by atoms with van der Waals surface area (Å²) in [5.41, 5.74) is 13.5. The van der Waals surface area contributed by atoms with Gasteiger partial charge in [0.2, 0.25) is 15.9 Å². The van der Waals surface area contributed by atoms with Gasteiger partial charge in [-0.2, -0.15) is 4.72 Å². The van der Waals surface area contributed by atoms with Crippen LogP contribution in [0.2, 0.25) is 0 Å². The number of hydrogen-bond acceptors (Lipinski definition) is 6. The molecule has 11 heteroatoms. The maximum Gasteiger partial charge on any atom is 0.241 e. The lowest BCUT2D eigenvalue weighted by atomic mass is 10.1. The quantitative estimate of drug-likeness (QED) is 0.159. The summed E-state index contributed by atoms with van der Waals surface area (Å²) in [6.07, 6.45) is 0. The van der Waals surface area contributed by atoms with Gasteiger partial charge in [-0.15, -0.1) is 0 Å². The van der Waals surface area contributed by atoms with Crippen LogP contribution in [0.3, 0.4) is 0 Å². The Morgan fingerprint density at radius 2 is 1.39 bits per heavy atom. The van der Waals surface area contributed by atoms with Crippen molar-refractivity contribution in [2.24, 2.45) is 11.5 Å². The van der Waals surface area contributed by atoms with E-state index in [1.54, 1.807) is 24.3 Å². The van der Waals surface area contributed by atoms with Crippen LogP contribution in [0.25, 0.3) is 0 Å². The molecule has 0 heterocycles. The van der Waals surface area contributed by atoms with Gasteiger partial charge in [-0.05, 0) is 35.4 Å². The van der Waals surface area contributed by atoms with Gasteiger partial charge in [-0.3, -0.25) is 15.6 Å². The Morgan fingerprint density at radius 3 is 1.94 bits per heavy atom. The first-order chi connectivity index (χ1) is 17.2. The second-order valence-electron chi connectivity index (χ2n) is 7.94.